The first kappa shape index (κ1) is 17.9. The SMILES string of the molecule is CCn1c2c(c(=O)n(O)c1=O)C(C)(C)OC2(O)c1cc(C)cc(C#N)c1. The van der Waals surface area contributed by atoms with E-state index < -0.39 is 22.6 Å². The molecule has 0 bridgehead atoms. The number of fused-ring (bicyclic) bond motifs is 1. The monoisotopic (exact) mass is 357 g/mol. The van der Waals surface area contributed by atoms with Crippen molar-refractivity contribution in [3.05, 3.63) is 67.0 Å². The summed E-state index contributed by atoms with van der Waals surface area (Å²) in [6, 6.07) is 6.74. The van der Waals surface area contributed by atoms with Gasteiger partial charge in [-0.15, -0.1) is 0 Å². The number of aromatic nitrogens is 2. The Bertz CT molecular complexity index is 1070. The average Bonchev–Trinajstić information content (AvgIpc) is 2.79. The van der Waals surface area contributed by atoms with E-state index in [1.807, 2.05) is 6.07 Å². The Kier molecular flexibility index (Phi) is 3.83. The Morgan fingerprint density at radius 2 is 1.92 bits per heavy atom. The van der Waals surface area contributed by atoms with Gasteiger partial charge in [-0.05, 0) is 45.4 Å². The predicted octanol–water partition coefficient (Wildman–Crippen LogP) is 0.906. The van der Waals surface area contributed by atoms with Gasteiger partial charge in [0.2, 0.25) is 5.79 Å². The quantitative estimate of drug-likeness (QED) is 0.771. The van der Waals surface area contributed by atoms with Crippen LogP contribution in [-0.4, -0.2) is 19.6 Å². The van der Waals surface area contributed by atoms with Crippen LogP contribution < -0.4 is 11.2 Å². The van der Waals surface area contributed by atoms with Gasteiger partial charge >= 0.3 is 5.69 Å². The zero-order chi connectivity index (χ0) is 19.4. The van der Waals surface area contributed by atoms with Crippen LogP contribution in [0.4, 0.5) is 0 Å². The summed E-state index contributed by atoms with van der Waals surface area (Å²) in [7, 11) is 0. The Morgan fingerprint density at radius 3 is 2.50 bits per heavy atom. The second-order valence-electron chi connectivity index (χ2n) is 6.82. The van der Waals surface area contributed by atoms with Gasteiger partial charge in [-0.2, -0.15) is 5.26 Å². The lowest BCUT2D eigenvalue weighted by Crippen LogP contribution is -2.45. The molecule has 0 radical (unpaired) electrons. The smallest absolute Gasteiger partial charge is 0.364 e. The Hall–Kier alpha value is -2.89. The van der Waals surface area contributed by atoms with Crippen LogP contribution in [0, 0.1) is 18.3 Å². The van der Waals surface area contributed by atoms with Crippen molar-refractivity contribution in [2.24, 2.45) is 0 Å². The van der Waals surface area contributed by atoms with Crippen LogP contribution in [0.1, 0.15) is 48.7 Å². The molecule has 2 N–H and O–H groups in total. The fourth-order valence-electron chi connectivity index (χ4n) is 3.53. The van der Waals surface area contributed by atoms with Crippen molar-refractivity contribution in [1.82, 2.24) is 9.30 Å². The van der Waals surface area contributed by atoms with Crippen molar-refractivity contribution in [3.63, 3.8) is 0 Å². The van der Waals surface area contributed by atoms with E-state index >= 15 is 0 Å². The molecule has 0 saturated heterocycles. The highest BCUT2D eigenvalue weighted by atomic mass is 16.6. The summed E-state index contributed by atoms with van der Waals surface area (Å²) in [6.07, 6.45) is 0. The van der Waals surface area contributed by atoms with Crippen LogP contribution in [0.25, 0.3) is 0 Å². The zero-order valence-electron chi connectivity index (χ0n) is 14.9. The first-order chi connectivity index (χ1) is 12.1. The molecule has 2 heterocycles. The zero-order valence-corrected chi connectivity index (χ0v) is 14.9. The third-order valence-electron chi connectivity index (χ3n) is 4.56. The van der Waals surface area contributed by atoms with Gasteiger partial charge in [-0.25, -0.2) is 4.79 Å². The van der Waals surface area contributed by atoms with Gasteiger partial charge in [0.25, 0.3) is 5.56 Å². The lowest BCUT2D eigenvalue weighted by molar-refractivity contribution is -0.225. The number of ether oxygens (including phenoxy) is 1. The minimum Gasteiger partial charge on any atom is -0.421 e. The van der Waals surface area contributed by atoms with Gasteiger partial charge in [-0.1, -0.05) is 10.8 Å². The van der Waals surface area contributed by atoms with Crippen LogP contribution in [0.3, 0.4) is 0 Å². The molecule has 1 unspecified atom stereocenters. The van der Waals surface area contributed by atoms with E-state index in [4.69, 9.17) is 4.74 Å². The number of nitrogens with zero attached hydrogens (tertiary/aromatic N) is 3. The summed E-state index contributed by atoms with van der Waals surface area (Å²) < 4.78 is 6.96. The first-order valence-electron chi connectivity index (χ1n) is 8.11. The van der Waals surface area contributed by atoms with E-state index in [-0.39, 0.29) is 28.1 Å². The third-order valence-corrected chi connectivity index (χ3v) is 4.56. The summed E-state index contributed by atoms with van der Waals surface area (Å²) >= 11 is 0. The Morgan fingerprint density at radius 1 is 1.27 bits per heavy atom. The average molecular weight is 357 g/mol. The molecule has 0 saturated carbocycles. The van der Waals surface area contributed by atoms with Crippen molar-refractivity contribution in [3.8, 4) is 6.07 Å². The van der Waals surface area contributed by atoms with Crippen LogP contribution >= 0.6 is 0 Å². The number of benzene rings is 1. The molecular formula is C18H19N3O5. The van der Waals surface area contributed by atoms with Gasteiger partial charge in [0.15, 0.2) is 0 Å². The van der Waals surface area contributed by atoms with Crippen molar-refractivity contribution in [2.75, 3.05) is 0 Å². The predicted molar refractivity (Wildman–Crippen MR) is 90.8 cm³/mol. The second-order valence-corrected chi connectivity index (χ2v) is 6.82. The molecule has 136 valence electrons. The number of aryl methyl sites for hydroxylation is 1. The largest absolute Gasteiger partial charge is 0.421 e. The minimum atomic E-state index is -2.11. The van der Waals surface area contributed by atoms with E-state index in [1.54, 1.807) is 39.8 Å². The molecule has 1 aliphatic rings. The van der Waals surface area contributed by atoms with E-state index in [1.165, 1.54) is 6.07 Å². The fourth-order valence-corrected chi connectivity index (χ4v) is 3.53. The normalized spacial score (nSPS) is 20.6. The van der Waals surface area contributed by atoms with Gasteiger partial charge in [0.05, 0.1) is 28.5 Å². The van der Waals surface area contributed by atoms with E-state index in [0.29, 0.717) is 11.1 Å². The van der Waals surface area contributed by atoms with Crippen LogP contribution in [-0.2, 0) is 22.7 Å². The molecule has 8 nitrogen and oxygen atoms in total. The summed E-state index contributed by atoms with van der Waals surface area (Å²) in [5, 5.41) is 30.5. The van der Waals surface area contributed by atoms with Crippen molar-refractivity contribution in [2.45, 2.75) is 45.6 Å². The molecule has 0 spiro atoms. The standard InChI is InChI=1S/C18H19N3O5/c1-5-20-14-13(15(22)21(25)16(20)23)17(3,4)26-18(14,24)12-7-10(2)6-11(8-12)9-19/h6-8,24-25H,5H2,1-4H3. The lowest BCUT2D eigenvalue weighted by atomic mass is 9.94. The topological polar surface area (TPSA) is 117 Å². The number of rotatable bonds is 2. The number of hydrogen-bond donors (Lipinski definition) is 2. The molecule has 8 heteroatoms. The molecular weight excluding hydrogens is 338 g/mol. The maximum atomic E-state index is 12.5. The van der Waals surface area contributed by atoms with E-state index in [2.05, 4.69) is 0 Å². The summed E-state index contributed by atoms with van der Waals surface area (Å²) in [6.45, 7) is 6.64. The van der Waals surface area contributed by atoms with E-state index in [9.17, 15) is 25.2 Å². The summed E-state index contributed by atoms with van der Waals surface area (Å²) in [4.78, 5) is 24.9. The summed E-state index contributed by atoms with van der Waals surface area (Å²) in [5.41, 5.74) is -1.96. The minimum absolute atomic E-state index is 0.0102. The molecule has 0 aliphatic carbocycles. The number of aliphatic hydroxyl groups is 1. The van der Waals surface area contributed by atoms with Gasteiger partial charge in [-0.3, -0.25) is 9.36 Å². The maximum Gasteiger partial charge on any atom is 0.364 e. The molecule has 0 fully saturated rings. The van der Waals surface area contributed by atoms with Crippen LogP contribution in [0.15, 0.2) is 27.8 Å². The van der Waals surface area contributed by atoms with Gasteiger partial charge in [0, 0.05) is 12.1 Å². The molecule has 1 atom stereocenters. The highest BCUT2D eigenvalue weighted by molar-refractivity contribution is 5.45. The Balaban J connectivity index is 2.47. The van der Waals surface area contributed by atoms with Crippen LogP contribution in [0.5, 0.6) is 0 Å². The highest BCUT2D eigenvalue weighted by Gasteiger charge is 2.54. The van der Waals surface area contributed by atoms with Crippen molar-refractivity contribution in [1.29, 1.82) is 5.26 Å². The first-order valence-corrected chi connectivity index (χ1v) is 8.11. The maximum absolute atomic E-state index is 12.5. The molecule has 26 heavy (non-hydrogen) atoms. The number of hydrogen-bond acceptors (Lipinski definition) is 6. The Labute approximate surface area is 149 Å². The molecule has 2 aromatic rings. The second kappa shape index (κ2) is 5.56. The van der Waals surface area contributed by atoms with E-state index in [0.717, 1.165) is 4.57 Å². The van der Waals surface area contributed by atoms with Crippen molar-refractivity contribution >= 4 is 0 Å². The molecule has 1 aromatic heterocycles. The lowest BCUT2D eigenvalue weighted by Gasteiger charge is -2.28. The van der Waals surface area contributed by atoms with Crippen molar-refractivity contribution < 1.29 is 15.1 Å². The third kappa shape index (κ3) is 2.29. The summed E-state index contributed by atoms with van der Waals surface area (Å²) in [5.74, 6) is -2.11. The van der Waals surface area contributed by atoms with Gasteiger partial charge < -0.3 is 15.1 Å². The van der Waals surface area contributed by atoms with Crippen LogP contribution in [0.2, 0.25) is 0 Å². The fraction of sp³-hybridized carbons (Fsp3) is 0.389. The highest BCUT2D eigenvalue weighted by Crippen LogP contribution is 2.47. The molecule has 1 aromatic carbocycles. The number of nitriles is 1. The van der Waals surface area contributed by atoms with Gasteiger partial charge in [0.1, 0.15) is 0 Å². The molecule has 3 rings (SSSR count). The molecule has 0 amide bonds. The molecule has 1 aliphatic heterocycles.